The molecule has 0 aliphatic carbocycles. The Morgan fingerprint density at radius 1 is 1.32 bits per heavy atom. The largest absolute Gasteiger partial charge is 0.508 e. The number of fused-ring (bicyclic) bond motifs is 1. The Bertz CT molecular complexity index is 764. The lowest BCUT2D eigenvalue weighted by atomic mass is 9.96. The molecule has 3 atom stereocenters. The third kappa shape index (κ3) is 2.88. The van der Waals surface area contributed by atoms with E-state index in [2.05, 4.69) is 5.32 Å². The van der Waals surface area contributed by atoms with E-state index in [0.29, 0.717) is 5.56 Å². The van der Waals surface area contributed by atoms with Crippen LogP contribution in [0.5, 0.6) is 5.75 Å². The molecule has 2 aliphatic rings. The third-order valence-corrected chi connectivity index (χ3v) is 4.42. The van der Waals surface area contributed by atoms with Gasteiger partial charge in [0.1, 0.15) is 11.8 Å². The Balaban J connectivity index is 1.67. The van der Waals surface area contributed by atoms with E-state index in [9.17, 15) is 29.4 Å². The fraction of sp³-hybridized carbons (Fsp3) is 0.375. The van der Waals surface area contributed by atoms with Crippen LogP contribution in [0.1, 0.15) is 12.5 Å². The number of nitrogens with one attached hydrogen (secondary N) is 1. The summed E-state index contributed by atoms with van der Waals surface area (Å²) in [5.74, 6) is -2.63. The molecule has 3 unspecified atom stereocenters. The number of carbonyl (C=O) groups is 4. The fourth-order valence-electron chi connectivity index (χ4n) is 3.30. The predicted molar refractivity (Wildman–Crippen MR) is 83.2 cm³/mol. The second kappa shape index (κ2) is 6.08. The molecule has 3 N–H and O–H groups in total. The minimum absolute atomic E-state index is 0.0241. The van der Waals surface area contributed by atoms with E-state index in [0.717, 1.165) is 9.80 Å². The van der Waals surface area contributed by atoms with E-state index in [-0.39, 0.29) is 18.7 Å². The van der Waals surface area contributed by atoms with Crippen molar-refractivity contribution in [2.75, 3.05) is 6.54 Å². The lowest BCUT2D eigenvalue weighted by Crippen LogP contribution is -2.71. The molecule has 3 amide bonds. The standard InChI is InChI=1S/C16H17N3O6/c1-8(20)18-7-11-13(15(23)19(11)14(18)16(24)25)17-12(22)6-9-3-2-4-10(21)5-9/h2-5,11,13-14,21H,6-7H2,1H3,(H,17,22)(H,24,25). The molecule has 2 fully saturated rings. The van der Waals surface area contributed by atoms with Crippen molar-refractivity contribution >= 4 is 23.7 Å². The van der Waals surface area contributed by atoms with E-state index in [1.165, 1.54) is 19.1 Å². The van der Waals surface area contributed by atoms with Crippen molar-refractivity contribution in [3.63, 3.8) is 0 Å². The van der Waals surface area contributed by atoms with E-state index in [1.54, 1.807) is 12.1 Å². The van der Waals surface area contributed by atoms with Gasteiger partial charge in [0.15, 0.2) is 0 Å². The van der Waals surface area contributed by atoms with Gasteiger partial charge in [-0.25, -0.2) is 4.79 Å². The lowest BCUT2D eigenvalue weighted by Gasteiger charge is -2.43. The van der Waals surface area contributed by atoms with Crippen molar-refractivity contribution < 1.29 is 29.4 Å². The molecule has 0 bridgehead atoms. The molecule has 9 nitrogen and oxygen atoms in total. The number of hydrogen-bond acceptors (Lipinski definition) is 5. The van der Waals surface area contributed by atoms with Gasteiger partial charge in [0, 0.05) is 13.5 Å². The molecule has 0 radical (unpaired) electrons. The van der Waals surface area contributed by atoms with Crippen LogP contribution in [0.3, 0.4) is 0 Å². The molecular formula is C16H17N3O6. The van der Waals surface area contributed by atoms with Gasteiger partial charge in [-0.1, -0.05) is 12.1 Å². The van der Waals surface area contributed by atoms with Gasteiger partial charge in [-0.05, 0) is 17.7 Å². The van der Waals surface area contributed by atoms with Crippen molar-refractivity contribution in [3.05, 3.63) is 29.8 Å². The molecule has 9 heteroatoms. The third-order valence-electron chi connectivity index (χ3n) is 4.42. The average Bonchev–Trinajstić information content (AvgIpc) is 2.89. The van der Waals surface area contributed by atoms with Crippen LogP contribution >= 0.6 is 0 Å². The Hall–Kier alpha value is -3.10. The Morgan fingerprint density at radius 3 is 2.64 bits per heavy atom. The highest BCUT2D eigenvalue weighted by molar-refractivity contribution is 5.98. The normalized spacial score (nSPS) is 24.5. The number of rotatable bonds is 4. The molecule has 2 aliphatic heterocycles. The first-order chi connectivity index (χ1) is 11.8. The van der Waals surface area contributed by atoms with Gasteiger partial charge in [-0.15, -0.1) is 0 Å². The van der Waals surface area contributed by atoms with Crippen LogP contribution in [0.2, 0.25) is 0 Å². The zero-order valence-corrected chi connectivity index (χ0v) is 13.4. The first kappa shape index (κ1) is 16.7. The van der Waals surface area contributed by atoms with Crippen LogP contribution in [-0.2, 0) is 25.6 Å². The molecule has 132 valence electrons. The summed E-state index contributed by atoms with van der Waals surface area (Å²) in [6.45, 7) is 1.30. The summed E-state index contributed by atoms with van der Waals surface area (Å²) in [4.78, 5) is 49.5. The number of aromatic hydroxyl groups is 1. The van der Waals surface area contributed by atoms with E-state index >= 15 is 0 Å². The molecular weight excluding hydrogens is 330 g/mol. The minimum Gasteiger partial charge on any atom is -0.508 e. The van der Waals surface area contributed by atoms with Gasteiger partial charge in [0.05, 0.1) is 12.5 Å². The molecule has 2 heterocycles. The number of carboxylic acids is 1. The van der Waals surface area contributed by atoms with Crippen LogP contribution in [0.25, 0.3) is 0 Å². The molecule has 1 aromatic carbocycles. The van der Waals surface area contributed by atoms with Gasteiger partial charge in [0.2, 0.25) is 23.9 Å². The van der Waals surface area contributed by atoms with Gasteiger partial charge in [0.25, 0.3) is 0 Å². The summed E-state index contributed by atoms with van der Waals surface area (Å²) < 4.78 is 0. The SMILES string of the molecule is CC(=O)N1CC2C(NC(=O)Cc3cccc(O)c3)C(=O)N2C1C(=O)O. The summed E-state index contributed by atoms with van der Waals surface area (Å²) in [7, 11) is 0. The molecule has 0 spiro atoms. The van der Waals surface area contributed by atoms with E-state index in [1.807, 2.05) is 0 Å². The fourth-order valence-corrected chi connectivity index (χ4v) is 3.30. The van der Waals surface area contributed by atoms with E-state index in [4.69, 9.17) is 0 Å². The van der Waals surface area contributed by atoms with Crippen molar-refractivity contribution in [3.8, 4) is 5.75 Å². The minimum atomic E-state index is -1.32. The quantitative estimate of drug-likeness (QED) is 0.594. The van der Waals surface area contributed by atoms with Gasteiger partial charge in [-0.2, -0.15) is 0 Å². The molecule has 2 saturated heterocycles. The number of carboxylic acid groups (broad SMARTS) is 1. The number of phenolic OH excluding ortho intramolecular Hbond substituents is 1. The highest BCUT2D eigenvalue weighted by Gasteiger charge is 2.60. The number of β-lactam (4-membered cyclic amide) rings is 1. The van der Waals surface area contributed by atoms with Crippen molar-refractivity contribution in [2.24, 2.45) is 0 Å². The number of phenols is 1. The van der Waals surface area contributed by atoms with Crippen LogP contribution in [0.4, 0.5) is 0 Å². The van der Waals surface area contributed by atoms with Crippen LogP contribution in [0.15, 0.2) is 24.3 Å². The predicted octanol–water partition coefficient (Wildman–Crippen LogP) is -1.10. The molecule has 3 rings (SSSR count). The van der Waals surface area contributed by atoms with Crippen molar-refractivity contribution in [1.29, 1.82) is 0 Å². The zero-order chi connectivity index (χ0) is 18.3. The second-order valence-corrected chi connectivity index (χ2v) is 6.09. The maximum absolute atomic E-state index is 12.2. The number of hydrogen-bond donors (Lipinski definition) is 3. The van der Waals surface area contributed by atoms with Crippen molar-refractivity contribution in [1.82, 2.24) is 15.1 Å². The maximum atomic E-state index is 12.2. The first-order valence-corrected chi connectivity index (χ1v) is 7.69. The maximum Gasteiger partial charge on any atom is 0.347 e. The Labute approximate surface area is 142 Å². The number of amides is 3. The lowest BCUT2D eigenvalue weighted by molar-refractivity contribution is -0.165. The van der Waals surface area contributed by atoms with Gasteiger partial charge < -0.3 is 25.3 Å². The monoisotopic (exact) mass is 347 g/mol. The summed E-state index contributed by atoms with van der Waals surface area (Å²) in [6, 6.07) is 4.80. The number of nitrogens with zero attached hydrogens (tertiary/aromatic N) is 2. The van der Waals surface area contributed by atoms with Crippen LogP contribution in [-0.4, -0.2) is 68.5 Å². The highest BCUT2D eigenvalue weighted by atomic mass is 16.4. The zero-order valence-electron chi connectivity index (χ0n) is 13.4. The number of benzene rings is 1. The molecule has 1 aromatic rings. The van der Waals surface area contributed by atoms with Crippen LogP contribution in [0, 0.1) is 0 Å². The topological polar surface area (TPSA) is 127 Å². The Kier molecular flexibility index (Phi) is 4.07. The molecule has 0 aromatic heterocycles. The first-order valence-electron chi connectivity index (χ1n) is 7.69. The van der Waals surface area contributed by atoms with E-state index < -0.39 is 41.9 Å². The summed E-state index contributed by atoms with van der Waals surface area (Å²) in [5, 5.41) is 21.3. The average molecular weight is 347 g/mol. The molecule has 0 saturated carbocycles. The summed E-state index contributed by atoms with van der Waals surface area (Å²) in [6.07, 6.45) is -1.35. The Morgan fingerprint density at radius 2 is 2.04 bits per heavy atom. The van der Waals surface area contributed by atoms with Crippen molar-refractivity contribution in [2.45, 2.75) is 31.6 Å². The molecule has 25 heavy (non-hydrogen) atoms. The van der Waals surface area contributed by atoms with Crippen LogP contribution < -0.4 is 5.32 Å². The summed E-state index contributed by atoms with van der Waals surface area (Å²) in [5.41, 5.74) is 0.585. The number of carbonyl (C=O) groups excluding carboxylic acids is 3. The van der Waals surface area contributed by atoms with Gasteiger partial charge in [-0.3, -0.25) is 14.4 Å². The smallest absolute Gasteiger partial charge is 0.347 e. The second-order valence-electron chi connectivity index (χ2n) is 6.09. The van der Waals surface area contributed by atoms with Gasteiger partial charge >= 0.3 is 5.97 Å². The highest BCUT2D eigenvalue weighted by Crippen LogP contribution is 2.32. The summed E-state index contributed by atoms with van der Waals surface area (Å²) >= 11 is 0. The number of aliphatic carboxylic acids is 1.